The highest BCUT2D eigenvalue weighted by Gasteiger charge is 2.28. The summed E-state index contributed by atoms with van der Waals surface area (Å²) in [6.45, 7) is 3.73. The minimum absolute atomic E-state index is 0. The first-order valence-electron chi connectivity index (χ1n) is 13.3. The van der Waals surface area contributed by atoms with Crippen molar-refractivity contribution < 1.29 is 4.79 Å². The van der Waals surface area contributed by atoms with Crippen LogP contribution < -0.4 is 16.0 Å². The lowest BCUT2D eigenvalue weighted by molar-refractivity contribution is 0.0933. The molecule has 0 unspecified atom stereocenters. The van der Waals surface area contributed by atoms with E-state index in [4.69, 9.17) is 4.98 Å². The van der Waals surface area contributed by atoms with Crippen molar-refractivity contribution in [3.8, 4) is 0 Å². The Morgan fingerprint density at radius 2 is 1.64 bits per heavy atom. The van der Waals surface area contributed by atoms with Gasteiger partial charge in [-0.25, -0.2) is 9.97 Å². The Hall–Kier alpha value is -2.12. The number of amidine groups is 1. The van der Waals surface area contributed by atoms with E-state index < -0.39 is 0 Å². The molecule has 1 aromatic heterocycles. The number of fused-ring (bicyclic) bond motifs is 1. The lowest BCUT2D eigenvalue weighted by Gasteiger charge is -2.34. The van der Waals surface area contributed by atoms with Crippen molar-refractivity contribution in [1.29, 1.82) is 0 Å². The first kappa shape index (κ1) is 28.5. The summed E-state index contributed by atoms with van der Waals surface area (Å²) in [5.41, 5.74) is 1.97. The smallest absolute Gasteiger partial charge is 0.289 e. The Kier molecular flexibility index (Phi) is 10.6. The zero-order valence-electron chi connectivity index (χ0n) is 21.2. The van der Waals surface area contributed by atoms with Crippen molar-refractivity contribution in [3.05, 3.63) is 29.6 Å². The van der Waals surface area contributed by atoms with E-state index in [-0.39, 0.29) is 42.6 Å². The van der Waals surface area contributed by atoms with Crippen LogP contribution in [0.25, 0.3) is 10.9 Å². The first-order chi connectivity index (χ1) is 16.7. The summed E-state index contributed by atoms with van der Waals surface area (Å²) in [5, 5.41) is 11.5. The maximum atomic E-state index is 13.0. The molecule has 0 saturated heterocycles. The fourth-order valence-electron chi connectivity index (χ4n) is 5.68. The standard InChI is InChI=1S/C27H38N6O.2ClH/c1-18-13-14-21-20(16-18)25(32-23-11-6-5-10-22(23)30-24-12-7-15-28-24)33-26(31-21)27(34)29-17-19-8-3-2-4-9-19;;/h13-14,16,19,22-23H,2-12,15,17H2,1H3,(H,28,30)(H,29,34)(H,31,32,33);2*1H/t22-,23+;;/m1../s1. The number of aryl methyl sites for hydroxylation is 1. The van der Waals surface area contributed by atoms with Crippen molar-refractivity contribution in [1.82, 2.24) is 20.6 Å². The third kappa shape index (κ3) is 7.00. The van der Waals surface area contributed by atoms with Crippen LogP contribution >= 0.6 is 24.8 Å². The van der Waals surface area contributed by atoms with E-state index in [2.05, 4.69) is 38.9 Å². The summed E-state index contributed by atoms with van der Waals surface area (Å²) in [5.74, 6) is 2.57. The maximum Gasteiger partial charge on any atom is 0.289 e. The van der Waals surface area contributed by atoms with E-state index in [1.54, 1.807) is 0 Å². The Bertz CT molecular complexity index is 1060. The van der Waals surface area contributed by atoms with Gasteiger partial charge in [-0.3, -0.25) is 9.79 Å². The first-order valence-corrected chi connectivity index (χ1v) is 13.3. The number of anilines is 1. The number of aromatic nitrogens is 2. The van der Waals surface area contributed by atoms with Gasteiger partial charge in [0.15, 0.2) is 0 Å². The number of carbonyl (C=O) groups excluding carboxylic acids is 1. The summed E-state index contributed by atoms with van der Waals surface area (Å²) in [6.07, 6.45) is 13.1. The molecule has 0 spiro atoms. The van der Waals surface area contributed by atoms with Crippen LogP contribution in [0.2, 0.25) is 0 Å². The number of halogens is 2. The van der Waals surface area contributed by atoms with Crippen LogP contribution in [0.15, 0.2) is 23.2 Å². The van der Waals surface area contributed by atoms with Crippen molar-refractivity contribution in [2.75, 3.05) is 18.4 Å². The number of benzene rings is 1. The molecular weight excluding hydrogens is 495 g/mol. The number of rotatable bonds is 6. The Labute approximate surface area is 226 Å². The highest BCUT2D eigenvalue weighted by Crippen LogP contribution is 2.28. The van der Waals surface area contributed by atoms with Gasteiger partial charge in [-0.15, -0.1) is 24.8 Å². The molecule has 2 fully saturated rings. The molecule has 2 aromatic rings. The molecule has 2 heterocycles. The third-order valence-corrected chi connectivity index (χ3v) is 7.64. The Morgan fingerprint density at radius 1 is 0.917 bits per heavy atom. The van der Waals surface area contributed by atoms with E-state index in [1.807, 2.05) is 12.1 Å². The monoisotopic (exact) mass is 534 g/mol. The van der Waals surface area contributed by atoms with E-state index >= 15 is 0 Å². The number of carbonyl (C=O) groups is 1. The molecular formula is C27H40Cl2N6O. The fourth-order valence-corrected chi connectivity index (χ4v) is 5.68. The van der Waals surface area contributed by atoms with Crippen LogP contribution in [0, 0.1) is 12.8 Å². The van der Waals surface area contributed by atoms with Gasteiger partial charge in [0.1, 0.15) is 5.82 Å². The highest BCUT2D eigenvalue weighted by atomic mass is 35.5. The molecule has 5 rings (SSSR count). The average molecular weight is 536 g/mol. The second kappa shape index (κ2) is 13.4. The lowest BCUT2D eigenvalue weighted by Crippen LogP contribution is -2.48. The maximum absolute atomic E-state index is 13.0. The predicted molar refractivity (Wildman–Crippen MR) is 152 cm³/mol. The number of hydrogen-bond acceptors (Lipinski definition) is 6. The van der Waals surface area contributed by atoms with Gasteiger partial charge in [-0.2, -0.15) is 0 Å². The van der Waals surface area contributed by atoms with Crippen LogP contribution in [0.1, 0.15) is 86.8 Å². The third-order valence-electron chi connectivity index (χ3n) is 7.64. The topological polar surface area (TPSA) is 91.3 Å². The summed E-state index contributed by atoms with van der Waals surface area (Å²) >= 11 is 0. The van der Waals surface area contributed by atoms with Crippen molar-refractivity contribution in [3.63, 3.8) is 0 Å². The molecule has 0 radical (unpaired) electrons. The van der Waals surface area contributed by atoms with E-state index in [0.29, 0.717) is 18.5 Å². The average Bonchev–Trinajstić information content (AvgIpc) is 3.37. The van der Waals surface area contributed by atoms with E-state index in [1.165, 1.54) is 44.9 Å². The van der Waals surface area contributed by atoms with Gasteiger partial charge in [0.05, 0.1) is 11.4 Å². The lowest BCUT2D eigenvalue weighted by atomic mass is 9.89. The zero-order chi connectivity index (χ0) is 23.3. The van der Waals surface area contributed by atoms with Crippen molar-refractivity contribution >= 4 is 53.3 Å². The largest absolute Gasteiger partial charge is 0.369 e. The van der Waals surface area contributed by atoms with Gasteiger partial charge in [-0.05, 0) is 57.1 Å². The SMILES string of the molecule is Cc1ccc2nc(C(=O)NCC3CCCCC3)nc(N[C@H]3CCCC[C@H]3NC3=NCCC3)c2c1.Cl.Cl. The summed E-state index contributed by atoms with van der Waals surface area (Å²) < 4.78 is 0. The summed E-state index contributed by atoms with van der Waals surface area (Å²) in [6, 6.07) is 6.73. The van der Waals surface area contributed by atoms with Crippen molar-refractivity contribution in [2.45, 2.75) is 89.6 Å². The Balaban J connectivity index is 0.00000180. The number of nitrogens with zero attached hydrogens (tertiary/aromatic N) is 3. The second-order valence-corrected chi connectivity index (χ2v) is 10.3. The minimum atomic E-state index is -0.172. The molecule has 9 heteroatoms. The number of aliphatic imine (C=N–C) groups is 1. The number of hydrogen-bond donors (Lipinski definition) is 3. The molecule has 7 nitrogen and oxygen atoms in total. The minimum Gasteiger partial charge on any atom is -0.369 e. The summed E-state index contributed by atoms with van der Waals surface area (Å²) in [7, 11) is 0. The second-order valence-electron chi connectivity index (χ2n) is 10.3. The fraction of sp³-hybridized carbons (Fsp3) is 0.630. The molecule has 2 aliphatic carbocycles. The van der Waals surface area contributed by atoms with Gasteiger partial charge in [0, 0.05) is 37.0 Å². The van der Waals surface area contributed by atoms with Crippen molar-refractivity contribution in [2.24, 2.45) is 10.9 Å². The molecule has 1 amide bonds. The molecule has 3 aliphatic rings. The van der Waals surface area contributed by atoms with Gasteiger partial charge >= 0.3 is 0 Å². The van der Waals surface area contributed by atoms with Gasteiger partial charge in [0.2, 0.25) is 5.82 Å². The van der Waals surface area contributed by atoms with Crippen LogP contribution in [0.3, 0.4) is 0 Å². The van der Waals surface area contributed by atoms with Crippen LogP contribution in [-0.4, -0.2) is 46.9 Å². The molecule has 1 aromatic carbocycles. The normalized spacial score (nSPS) is 22.2. The summed E-state index contributed by atoms with van der Waals surface area (Å²) in [4.78, 5) is 27.1. The van der Waals surface area contributed by atoms with Gasteiger partial charge in [0.25, 0.3) is 5.91 Å². The molecule has 2 saturated carbocycles. The van der Waals surface area contributed by atoms with Gasteiger partial charge in [-0.1, -0.05) is 43.7 Å². The molecule has 36 heavy (non-hydrogen) atoms. The van der Waals surface area contributed by atoms with Gasteiger partial charge < -0.3 is 16.0 Å². The highest BCUT2D eigenvalue weighted by molar-refractivity contribution is 5.96. The van der Waals surface area contributed by atoms with Crippen LogP contribution in [0.4, 0.5) is 5.82 Å². The predicted octanol–water partition coefficient (Wildman–Crippen LogP) is 5.60. The quantitative estimate of drug-likeness (QED) is 0.448. The van der Waals surface area contributed by atoms with Crippen LogP contribution in [-0.2, 0) is 0 Å². The Morgan fingerprint density at radius 3 is 2.36 bits per heavy atom. The number of nitrogens with one attached hydrogen (secondary N) is 3. The van der Waals surface area contributed by atoms with E-state index in [9.17, 15) is 4.79 Å². The molecule has 3 N–H and O–H groups in total. The molecule has 0 bridgehead atoms. The molecule has 198 valence electrons. The van der Waals surface area contributed by atoms with E-state index in [0.717, 1.165) is 60.3 Å². The zero-order valence-corrected chi connectivity index (χ0v) is 22.9. The van der Waals surface area contributed by atoms with Crippen LogP contribution in [0.5, 0.6) is 0 Å². The molecule has 2 atom stereocenters. The number of amides is 1. The molecule has 1 aliphatic heterocycles.